The first-order valence-electron chi connectivity index (χ1n) is 11.8. The molecule has 0 radical (unpaired) electrons. The van der Waals surface area contributed by atoms with E-state index in [0.717, 1.165) is 70.0 Å². The van der Waals surface area contributed by atoms with E-state index in [0.29, 0.717) is 12.0 Å². The van der Waals surface area contributed by atoms with Gasteiger partial charge in [0, 0.05) is 35.6 Å². The number of imidazole rings is 1. The molecule has 0 atom stereocenters. The summed E-state index contributed by atoms with van der Waals surface area (Å²) in [6.45, 7) is 2.18. The number of benzene rings is 2. The zero-order valence-electron chi connectivity index (χ0n) is 19.5. The number of H-pyrrole nitrogens is 1. The molecule has 0 saturated carbocycles. The number of rotatable bonds is 8. The van der Waals surface area contributed by atoms with E-state index in [4.69, 9.17) is 15.7 Å². The average Bonchev–Trinajstić information content (AvgIpc) is 3.31. The predicted molar refractivity (Wildman–Crippen MR) is 137 cm³/mol. The molecule has 1 amide bonds. The fourth-order valence-corrected chi connectivity index (χ4v) is 4.15. The molecule has 35 heavy (non-hydrogen) atoms. The number of pyridine rings is 1. The highest BCUT2D eigenvalue weighted by molar-refractivity contribution is 5.93. The summed E-state index contributed by atoms with van der Waals surface area (Å²) in [5.41, 5.74) is 13.0. The minimum atomic E-state index is -0.446. The Morgan fingerprint density at radius 3 is 2.60 bits per heavy atom. The molecule has 0 spiro atoms. The molecule has 3 heterocycles. The number of unbranched alkanes of at least 4 members (excludes halogenated alkanes) is 1. The number of aromatic amines is 1. The molecule has 3 aromatic heterocycles. The molecule has 0 aliphatic rings. The molecule has 0 bridgehead atoms. The lowest BCUT2D eigenvalue weighted by molar-refractivity contribution is 0.1000. The molecule has 0 aliphatic heterocycles. The SMILES string of the molecule is CCCCc1cccc(-c2[nH]c(Cc3cccc(C(N)=O)c3)nc2-c2ccc3nccnc3c2)n1. The van der Waals surface area contributed by atoms with Crippen LogP contribution in [0.3, 0.4) is 0 Å². The van der Waals surface area contributed by atoms with Gasteiger partial charge in [0.25, 0.3) is 0 Å². The third kappa shape index (κ3) is 4.94. The van der Waals surface area contributed by atoms with Crippen molar-refractivity contribution in [2.24, 2.45) is 5.73 Å². The van der Waals surface area contributed by atoms with Gasteiger partial charge < -0.3 is 10.7 Å². The van der Waals surface area contributed by atoms with E-state index in [2.05, 4.69) is 27.9 Å². The van der Waals surface area contributed by atoms with Crippen molar-refractivity contribution in [1.82, 2.24) is 24.9 Å². The summed E-state index contributed by atoms with van der Waals surface area (Å²) < 4.78 is 0. The highest BCUT2D eigenvalue weighted by Gasteiger charge is 2.17. The second-order valence-electron chi connectivity index (χ2n) is 8.53. The number of nitrogens with one attached hydrogen (secondary N) is 1. The smallest absolute Gasteiger partial charge is 0.248 e. The van der Waals surface area contributed by atoms with Gasteiger partial charge >= 0.3 is 0 Å². The van der Waals surface area contributed by atoms with Crippen molar-refractivity contribution < 1.29 is 4.79 Å². The molecule has 0 unspecified atom stereocenters. The van der Waals surface area contributed by atoms with Crippen LogP contribution < -0.4 is 5.73 Å². The van der Waals surface area contributed by atoms with Gasteiger partial charge in [0.2, 0.25) is 5.91 Å². The Morgan fingerprint density at radius 1 is 0.943 bits per heavy atom. The second kappa shape index (κ2) is 9.85. The van der Waals surface area contributed by atoms with E-state index in [1.165, 1.54) is 0 Å². The van der Waals surface area contributed by atoms with Crippen LogP contribution in [0.2, 0.25) is 0 Å². The van der Waals surface area contributed by atoms with Crippen LogP contribution in [0.1, 0.15) is 47.2 Å². The lowest BCUT2D eigenvalue weighted by Crippen LogP contribution is -2.11. The van der Waals surface area contributed by atoms with Crippen molar-refractivity contribution in [1.29, 1.82) is 0 Å². The van der Waals surface area contributed by atoms with E-state index < -0.39 is 5.91 Å². The molecule has 5 aromatic rings. The quantitative estimate of drug-likeness (QED) is 0.333. The van der Waals surface area contributed by atoms with E-state index in [1.54, 1.807) is 24.5 Å². The highest BCUT2D eigenvalue weighted by atomic mass is 16.1. The lowest BCUT2D eigenvalue weighted by atomic mass is 10.1. The number of carbonyl (C=O) groups is 1. The van der Waals surface area contributed by atoms with Gasteiger partial charge in [-0.15, -0.1) is 0 Å². The minimum absolute atomic E-state index is 0.446. The Balaban J connectivity index is 1.59. The number of aromatic nitrogens is 5. The third-order valence-corrected chi connectivity index (χ3v) is 5.93. The zero-order valence-corrected chi connectivity index (χ0v) is 19.5. The first-order chi connectivity index (χ1) is 17.1. The Labute approximate surface area is 203 Å². The lowest BCUT2D eigenvalue weighted by Gasteiger charge is -2.06. The van der Waals surface area contributed by atoms with Crippen molar-refractivity contribution in [2.75, 3.05) is 0 Å². The summed E-state index contributed by atoms with van der Waals surface area (Å²) in [5.74, 6) is 0.328. The minimum Gasteiger partial charge on any atom is -0.366 e. The van der Waals surface area contributed by atoms with Crippen LogP contribution in [0.15, 0.2) is 73.1 Å². The Hall–Kier alpha value is -4.39. The molecule has 7 nitrogen and oxygen atoms in total. The van der Waals surface area contributed by atoms with Crippen LogP contribution in [0.5, 0.6) is 0 Å². The fourth-order valence-electron chi connectivity index (χ4n) is 4.15. The Bertz CT molecular complexity index is 1510. The Morgan fingerprint density at radius 2 is 1.77 bits per heavy atom. The van der Waals surface area contributed by atoms with Crippen LogP contribution in [0, 0.1) is 0 Å². The molecule has 3 N–H and O–H groups in total. The van der Waals surface area contributed by atoms with Crippen molar-refractivity contribution in [2.45, 2.75) is 32.6 Å². The van der Waals surface area contributed by atoms with Crippen molar-refractivity contribution in [3.05, 3.63) is 95.7 Å². The number of fused-ring (bicyclic) bond motifs is 1. The van der Waals surface area contributed by atoms with E-state index in [-0.39, 0.29) is 0 Å². The Kier molecular flexibility index (Phi) is 6.30. The zero-order chi connectivity index (χ0) is 24.2. The van der Waals surface area contributed by atoms with E-state index in [1.807, 2.05) is 42.5 Å². The molecule has 5 rings (SSSR count). The number of carbonyl (C=O) groups excluding carboxylic acids is 1. The topological polar surface area (TPSA) is 110 Å². The van der Waals surface area contributed by atoms with E-state index >= 15 is 0 Å². The molecule has 0 saturated heterocycles. The van der Waals surface area contributed by atoms with E-state index in [9.17, 15) is 4.79 Å². The number of hydrogen-bond acceptors (Lipinski definition) is 5. The predicted octanol–water partition coefficient (Wildman–Crippen LogP) is 5.11. The molecule has 2 aromatic carbocycles. The summed E-state index contributed by atoms with van der Waals surface area (Å²) >= 11 is 0. The molecular formula is C28H26N6O. The molecular weight excluding hydrogens is 436 g/mol. The monoisotopic (exact) mass is 462 g/mol. The van der Waals surface area contributed by atoms with Crippen molar-refractivity contribution in [3.8, 4) is 22.6 Å². The first-order valence-corrected chi connectivity index (χ1v) is 11.8. The van der Waals surface area contributed by atoms with Crippen LogP contribution in [0.4, 0.5) is 0 Å². The molecule has 0 fully saturated rings. The summed E-state index contributed by atoms with van der Waals surface area (Å²) in [5, 5.41) is 0. The summed E-state index contributed by atoms with van der Waals surface area (Å²) in [4.78, 5) is 33.9. The molecule has 0 aliphatic carbocycles. The van der Waals surface area contributed by atoms with Crippen LogP contribution in [-0.4, -0.2) is 30.8 Å². The average molecular weight is 463 g/mol. The maximum absolute atomic E-state index is 11.6. The molecule has 174 valence electrons. The summed E-state index contributed by atoms with van der Waals surface area (Å²) in [6, 6.07) is 19.4. The van der Waals surface area contributed by atoms with Gasteiger partial charge in [-0.25, -0.2) is 4.98 Å². The van der Waals surface area contributed by atoms with Crippen molar-refractivity contribution >= 4 is 16.9 Å². The maximum Gasteiger partial charge on any atom is 0.248 e. The van der Waals surface area contributed by atoms with Crippen molar-refractivity contribution in [3.63, 3.8) is 0 Å². The summed E-state index contributed by atoms with van der Waals surface area (Å²) in [7, 11) is 0. The first kappa shape index (κ1) is 22.4. The number of amides is 1. The number of hydrogen-bond donors (Lipinski definition) is 2. The van der Waals surface area contributed by atoms with Crippen LogP contribution in [0.25, 0.3) is 33.7 Å². The normalized spacial score (nSPS) is 11.1. The van der Waals surface area contributed by atoms with Gasteiger partial charge in [-0.3, -0.25) is 19.7 Å². The van der Waals surface area contributed by atoms with Crippen LogP contribution >= 0.6 is 0 Å². The fraction of sp³-hybridized carbons (Fsp3) is 0.179. The largest absolute Gasteiger partial charge is 0.366 e. The number of aryl methyl sites for hydroxylation is 1. The number of primary amides is 1. The summed E-state index contributed by atoms with van der Waals surface area (Å²) in [6.07, 6.45) is 7.05. The van der Waals surface area contributed by atoms with Gasteiger partial charge in [-0.1, -0.05) is 37.6 Å². The van der Waals surface area contributed by atoms with Crippen LogP contribution in [-0.2, 0) is 12.8 Å². The van der Waals surface area contributed by atoms with Gasteiger partial charge in [0.1, 0.15) is 5.82 Å². The number of nitrogens with zero attached hydrogens (tertiary/aromatic N) is 4. The molecule has 7 heteroatoms. The maximum atomic E-state index is 11.6. The van der Waals surface area contributed by atoms with Gasteiger partial charge in [-0.2, -0.15) is 0 Å². The van der Waals surface area contributed by atoms with Gasteiger partial charge in [-0.05, 0) is 54.8 Å². The van der Waals surface area contributed by atoms with Gasteiger partial charge in [0.15, 0.2) is 0 Å². The third-order valence-electron chi connectivity index (χ3n) is 5.93. The number of nitrogens with two attached hydrogens (primary N) is 1. The van der Waals surface area contributed by atoms with Gasteiger partial charge in [0.05, 0.1) is 28.1 Å². The standard InChI is InChI=1S/C28H26N6O/c1-2-3-8-21-9-5-10-23(32-21)27-26(19-11-12-22-24(17-19)31-14-13-30-22)33-25(34-27)16-18-6-4-7-20(15-18)28(29)35/h4-7,9-15,17H,2-3,8,16H2,1H3,(H2,29,35)(H,33,34). The highest BCUT2D eigenvalue weighted by Crippen LogP contribution is 2.31. The second-order valence-corrected chi connectivity index (χ2v) is 8.53.